The number of nitrogens with one attached hydrogen (secondary N) is 1. The molecule has 1 atom stereocenters. The molecule has 0 radical (unpaired) electrons. The van der Waals surface area contributed by atoms with Crippen molar-refractivity contribution in [1.29, 1.82) is 0 Å². The molecule has 0 spiro atoms. The van der Waals surface area contributed by atoms with E-state index in [-0.39, 0.29) is 16.4 Å². The molecule has 6 nitrogen and oxygen atoms in total. The van der Waals surface area contributed by atoms with E-state index in [9.17, 15) is 13.2 Å². The number of hydrogen-bond donors (Lipinski definition) is 1. The van der Waals surface area contributed by atoms with E-state index in [1.54, 1.807) is 33.1 Å². The summed E-state index contributed by atoms with van der Waals surface area (Å²) in [5.41, 5.74) is 3.56. The molecule has 2 aromatic rings. The van der Waals surface area contributed by atoms with Gasteiger partial charge in [-0.1, -0.05) is 19.9 Å². The van der Waals surface area contributed by atoms with Gasteiger partial charge in [0, 0.05) is 6.04 Å². The molecule has 0 bridgehead atoms. The van der Waals surface area contributed by atoms with E-state index in [1.807, 2.05) is 19.1 Å². The maximum atomic E-state index is 13.1. The SMILES string of the molecule is COC(=O)c1ccc(C)c(S(=O)(=O)N[C@H](C)c2cc(C(C)C)c(OC)cc2C)c1. The maximum Gasteiger partial charge on any atom is 0.337 e. The highest BCUT2D eigenvalue weighted by Crippen LogP contribution is 2.32. The third-order valence-corrected chi connectivity index (χ3v) is 6.62. The Balaban J connectivity index is 2.44. The predicted molar refractivity (Wildman–Crippen MR) is 113 cm³/mol. The van der Waals surface area contributed by atoms with E-state index >= 15 is 0 Å². The van der Waals surface area contributed by atoms with Crippen LogP contribution < -0.4 is 9.46 Å². The molecule has 0 aliphatic rings. The van der Waals surface area contributed by atoms with Crippen molar-refractivity contribution in [3.63, 3.8) is 0 Å². The van der Waals surface area contributed by atoms with Gasteiger partial charge in [0.1, 0.15) is 5.75 Å². The summed E-state index contributed by atoms with van der Waals surface area (Å²) in [6.45, 7) is 9.54. The molecule has 0 fully saturated rings. The summed E-state index contributed by atoms with van der Waals surface area (Å²) in [6.07, 6.45) is 0. The average molecular weight is 420 g/mol. The summed E-state index contributed by atoms with van der Waals surface area (Å²) in [7, 11) is -0.969. The highest BCUT2D eigenvalue weighted by Gasteiger charge is 2.24. The number of carbonyl (C=O) groups excluding carboxylic acids is 1. The number of sulfonamides is 1. The van der Waals surface area contributed by atoms with Crippen LogP contribution >= 0.6 is 0 Å². The number of aryl methyl sites for hydroxylation is 2. The molecule has 158 valence electrons. The van der Waals surface area contributed by atoms with Gasteiger partial charge in [0.2, 0.25) is 10.0 Å². The number of carbonyl (C=O) groups is 1. The first-order chi connectivity index (χ1) is 13.5. The van der Waals surface area contributed by atoms with E-state index in [1.165, 1.54) is 13.2 Å². The fourth-order valence-electron chi connectivity index (χ4n) is 3.30. The third kappa shape index (κ3) is 4.97. The van der Waals surface area contributed by atoms with Crippen molar-refractivity contribution >= 4 is 16.0 Å². The van der Waals surface area contributed by atoms with Crippen LogP contribution in [0.3, 0.4) is 0 Å². The lowest BCUT2D eigenvalue weighted by molar-refractivity contribution is 0.0600. The molecule has 1 N–H and O–H groups in total. The average Bonchev–Trinajstić information content (AvgIpc) is 2.66. The van der Waals surface area contributed by atoms with Crippen LogP contribution in [0.15, 0.2) is 35.2 Å². The Morgan fingerprint density at radius 3 is 2.17 bits per heavy atom. The fourth-order valence-corrected chi connectivity index (χ4v) is 4.80. The van der Waals surface area contributed by atoms with Crippen LogP contribution in [0.25, 0.3) is 0 Å². The first kappa shape index (κ1) is 22.9. The zero-order valence-electron chi connectivity index (χ0n) is 18.0. The summed E-state index contributed by atoms with van der Waals surface area (Å²) in [5, 5.41) is 0. The minimum atomic E-state index is -3.86. The quantitative estimate of drug-likeness (QED) is 0.678. The van der Waals surface area contributed by atoms with Crippen LogP contribution in [-0.4, -0.2) is 28.6 Å². The number of hydrogen-bond acceptors (Lipinski definition) is 5. The van der Waals surface area contributed by atoms with Crippen LogP contribution in [0, 0.1) is 13.8 Å². The monoisotopic (exact) mass is 419 g/mol. The van der Waals surface area contributed by atoms with Gasteiger partial charge in [-0.25, -0.2) is 17.9 Å². The topological polar surface area (TPSA) is 81.7 Å². The molecule has 0 saturated heterocycles. The molecule has 0 aliphatic carbocycles. The summed E-state index contributed by atoms with van der Waals surface area (Å²) in [4.78, 5) is 11.9. The Morgan fingerprint density at radius 1 is 0.966 bits per heavy atom. The molecule has 2 rings (SSSR count). The highest BCUT2D eigenvalue weighted by atomic mass is 32.2. The predicted octanol–water partition coefficient (Wildman–Crippen LogP) is 4.26. The Kier molecular flexibility index (Phi) is 7.08. The normalized spacial score (nSPS) is 12.7. The molecule has 0 aromatic heterocycles. The second-order valence-electron chi connectivity index (χ2n) is 7.42. The lowest BCUT2D eigenvalue weighted by atomic mass is 9.94. The first-order valence-electron chi connectivity index (χ1n) is 9.41. The second kappa shape index (κ2) is 8.97. The van der Waals surface area contributed by atoms with Crippen molar-refractivity contribution in [1.82, 2.24) is 4.72 Å². The molecule has 0 saturated carbocycles. The van der Waals surface area contributed by atoms with E-state index in [0.717, 1.165) is 22.4 Å². The van der Waals surface area contributed by atoms with Crippen molar-refractivity contribution in [3.05, 3.63) is 58.1 Å². The van der Waals surface area contributed by atoms with Gasteiger partial charge in [-0.15, -0.1) is 0 Å². The molecule has 0 aliphatic heterocycles. The van der Waals surface area contributed by atoms with Gasteiger partial charge < -0.3 is 9.47 Å². The fraction of sp³-hybridized carbons (Fsp3) is 0.409. The van der Waals surface area contributed by atoms with Gasteiger partial charge in [-0.3, -0.25) is 0 Å². The number of rotatable bonds is 7. The van der Waals surface area contributed by atoms with Crippen molar-refractivity contribution in [3.8, 4) is 5.75 Å². The van der Waals surface area contributed by atoms with Gasteiger partial charge in [0.25, 0.3) is 0 Å². The van der Waals surface area contributed by atoms with E-state index < -0.39 is 22.0 Å². The molecule has 0 amide bonds. The minimum absolute atomic E-state index is 0.0579. The molecular formula is C22H29NO5S. The summed E-state index contributed by atoms with van der Waals surface area (Å²) >= 11 is 0. The van der Waals surface area contributed by atoms with Crippen LogP contribution in [0.5, 0.6) is 5.75 Å². The van der Waals surface area contributed by atoms with Gasteiger partial charge in [0.05, 0.1) is 24.7 Å². The zero-order chi connectivity index (χ0) is 21.9. The Bertz CT molecular complexity index is 1010. The Hall–Kier alpha value is -2.38. The van der Waals surface area contributed by atoms with Crippen molar-refractivity contribution in [2.75, 3.05) is 14.2 Å². The highest BCUT2D eigenvalue weighted by molar-refractivity contribution is 7.89. The summed E-state index contributed by atoms with van der Waals surface area (Å²) < 4.78 is 39.0. The first-order valence-corrected chi connectivity index (χ1v) is 10.9. The maximum absolute atomic E-state index is 13.1. The Labute approximate surface area is 173 Å². The van der Waals surface area contributed by atoms with E-state index in [2.05, 4.69) is 18.6 Å². The van der Waals surface area contributed by atoms with Crippen LogP contribution in [-0.2, 0) is 14.8 Å². The van der Waals surface area contributed by atoms with E-state index in [0.29, 0.717) is 5.56 Å². The second-order valence-corrected chi connectivity index (χ2v) is 9.10. The van der Waals surface area contributed by atoms with Crippen LogP contribution in [0.1, 0.15) is 65.3 Å². The number of esters is 1. The molecule has 29 heavy (non-hydrogen) atoms. The summed E-state index contributed by atoms with van der Waals surface area (Å²) in [6, 6.07) is 7.94. The van der Waals surface area contributed by atoms with Gasteiger partial charge in [-0.2, -0.15) is 0 Å². The molecule has 7 heteroatoms. The van der Waals surface area contributed by atoms with Gasteiger partial charge >= 0.3 is 5.97 Å². The van der Waals surface area contributed by atoms with Crippen molar-refractivity contribution in [2.24, 2.45) is 0 Å². The van der Waals surface area contributed by atoms with Gasteiger partial charge in [-0.05, 0) is 73.2 Å². The number of methoxy groups -OCH3 is 2. The molecule has 0 unspecified atom stereocenters. The minimum Gasteiger partial charge on any atom is -0.496 e. The van der Waals surface area contributed by atoms with Crippen LogP contribution in [0.2, 0.25) is 0 Å². The summed E-state index contributed by atoms with van der Waals surface area (Å²) in [5.74, 6) is 0.437. The van der Waals surface area contributed by atoms with Crippen molar-refractivity contribution in [2.45, 2.75) is 51.5 Å². The molecule has 2 aromatic carbocycles. The molecular weight excluding hydrogens is 390 g/mol. The third-order valence-electron chi connectivity index (χ3n) is 4.94. The largest absolute Gasteiger partial charge is 0.496 e. The zero-order valence-corrected chi connectivity index (χ0v) is 18.8. The molecule has 0 heterocycles. The smallest absolute Gasteiger partial charge is 0.337 e. The Morgan fingerprint density at radius 2 is 1.62 bits per heavy atom. The van der Waals surface area contributed by atoms with Crippen LogP contribution in [0.4, 0.5) is 0 Å². The number of ether oxygens (including phenoxy) is 2. The lowest BCUT2D eigenvalue weighted by Gasteiger charge is -2.21. The number of benzene rings is 2. The standard InChI is InChI=1S/C22H29NO5S/c1-13(2)18-12-19(15(4)10-20(18)27-6)16(5)23-29(25,26)21-11-17(22(24)28-7)9-8-14(21)3/h8-13,16,23H,1-7H3/t16-/m1/s1. The van der Waals surface area contributed by atoms with E-state index in [4.69, 9.17) is 9.47 Å². The lowest BCUT2D eigenvalue weighted by Crippen LogP contribution is -2.28. The van der Waals surface area contributed by atoms with Gasteiger partial charge in [0.15, 0.2) is 0 Å². The van der Waals surface area contributed by atoms with Crippen molar-refractivity contribution < 1.29 is 22.7 Å².